The minimum Gasteiger partial charge on any atom is -0.384 e. The Bertz CT molecular complexity index is 846. The smallest absolute Gasteiger partial charge is 0.253 e. The van der Waals surface area contributed by atoms with E-state index in [1.165, 1.54) is 0 Å². The molecule has 1 N–H and O–H groups in total. The fourth-order valence-electron chi connectivity index (χ4n) is 4.59. The van der Waals surface area contributed by atoms with Crippen molar-refractivity contribution in [2.45, 2.75) is 13.3 Å². The van der Waals surface area contributed by atoms with E-state index < -0.39 is 0 Å². The number of hydrogen-bond donors (Lipinski definition) is 1. The molecule has 2 aliphatic rings. The number of methoxy groups -OCH3 is 1. The number of likely N-dealkylation sites (tertiary alicyclic amines) is 2. The van der Waals surface area contributed by atoms with Crippen LogP contribution in [0.4, 0.5) is 0 Å². The minimum absolute atomic E-state index is 0.0272. The van der Waals surface area contributed by atoms with Gasteiger partial charge in [-0.25, -0.2) is 0 Å². The van der Waals surface area contributed by atoms with Gasteiger partial charge in [0.15, 0.2) is 0 Å². The van der Waals surface area contributed by atoms with Crippen LogP contribution in [0.5, 0.6) is 0 Å². The molecule has 2 amide bonds. The van der Waals surface area contributed by atoms with E-state index in [9.17, 15) is 9.59 Å². The fourth-order valence-corrected chi connectivity index (χ4v) is 4.59. The molecule has 3 heterocycles. The molecule has 138 valence electrons. The molecule has 0 spiro atoms. The topological polar surface area (TPSA) is 65.6 Å². The highest BCUT2D eigenvalue weighted by Gasteiger charge is 2.50. The Morgan fingerprint density at radius 2 is 2.08 bits per heavy atom. The van der Waals surface area contributed by atoms with E-state index in [0.29, 0.717) is 31.8 Å². The van der Waals surface area contributed by atoms with Crippen LogP contribution in [0.2, 0.25) is 0 Å². The lowest BCUT2D eigenvalue weighted by atomic mass is 9.73. The van der Waals surface area contributed by atoms with Crippen molar-refractivity contribution in [3.63, 3.8) is 0 Å². The molecule has 0 saturated carbocycles. The predicted molar refractivity (Wildman–Crippen MR) is 98.9 cm³/mol. The summed E-state index contributed by atoms with van der Waals surface area (Å²) >= 11 is 0. The van der Waals surface area contributed by atoms with E-state index in [0.717, 1.165) is 23.9 Å². The molecular weight excluding hydrogens is 330 g/mol. The molecule has 2 saturated heterocycles. The van der Waals surface area contributed by atoms with Crippen LogP contribution in [-0.4, -0.2) is 66.5 Å². The number of carbonyl (C=O) groups excluding carboxylic acids is 2. The van der Waals surface area contributed by atoms with Crippen LogP contribution < -0.4 is 0 Å². The Hall–Kier alpha value is -2.34. The highest BCUT2D eigenvalue weighted by Crippen LogP contribution is 2.43. The zero-order valence-corrected chi connectivity index (χ0v) is 15.3. The largest absolute Gasteiger partial charge is 0.384 e. The Labute approximate surface area is 153 Å². The van der Waals surface area contributed by atoms with E-state index in [2.05, 4.69) is 4.98 Å². The number of aromatic nitrogens is 1. The Kier molecular flexibility index (Phi) is 4.23. The van der Waals surface area contributed by atoms with Crippen LogP contribution in [-0.2, 0) is 9.53 Å². The summed E-state index contributed by atoms with van der Waals surface area (Å²) in [4.78, 5) is 31.9. The first kappa shape index (κ1) is 17.1. The highest BCUT2D eigenvalue weighted by molar-refractivity contribution is 5.98. The number of nitrogens with zero attached hydrogens (tertiary/aromatic N) is 2. The van der Waals surface area contributed by atoms with Crippen LogP contribution in [0, 0.1) is 11.3 Å². The number of amides is 2. The molecule has 26 heavy (non-hydrogen) atoms. The predicted octanol–water partition coefficient (Wildman–Crippen LogP) is 2.12. The van der Waals surface area contributed by atoms with Crippen molar-refractivity contribution in [2.24, 2.45) is 11.3 Å². The molecule has 0 bridgehead atoms. The lowest BCUT2D eigenvalue weighted by molar-refractivity contribution is -0.128. The van der Waals surface area contributed by atoms with Crippen molar-refractivity contribution in [2.75, 3.05) is 39.9 Å². The maximum Gasteiger partial charge on any atom is 0.253 e. The first-order valence-electron chi connectivity index (χ1n) is 9.13. The third kappa shape index (κ3) is 2.78. The van der Waals surface area contributed by atoms with Crippen LogP contribution in [0.25, 0.3) is 10.9 Å². The number of piperidine rings is 1. The van der Waals surface area contributed by atoms with Gasteiger partial charge in [-0.3, -0.25) is 9.59 Å². The van der Waals surface area contributed by atoms with E-state index in [1.54, 1.807) is 14.0 Å². The normalized spacial score (nSPS) is 25.5. The maximum atomic E-state index is 13.0. The third-order valence-corrected chi connectivity index (χ3v) is 6.10. The monoisotopic (exact) mass is 355 g/mol. The average Bonchev–Trinajstić information content (AvgIpc) is 3.24. The van der Waals surface area contributed by atoms with Crippen molar-refractivity contribution in [1.82, 2.24) is 14.8 Å². The number of benzene rings is 1. The number of H-pyrrole nitrogens is 1. The molecule has 0 unspecified atom stereocenters. The number of ether oxygens (including phenoxy) is 1. The van der Waals surface area contributed by atoms with Crippen molar-refractivity contribution in [3.8, 4) is 0 Å². The molecule has 1 aromatic carbocycles. The summed E-state index contributed by atoms with van der Waals surface area (Å²) in [5, 5.41) is 1.10. The molecule has 6 heteroatoms. The standard InChI is InChI=1S/C20H25N3O3/c1-14(24)23-11-17-10-22(8-6-20(17,12-23)13-26-2)19(25)16-4-3-15-5-7-21-18(15)9-16/h3-5,7,9,17,21H,6,8,10-13H2,1-2H3/t17-,20+/m1/s1. The van der Waals surface area contributed by atoms with Gasteiger partial charge < -0.3 is 19.5 Å². The number of carbonyl (C=O) groups is 2. The molecule has 1 aromatic heterocycles. The maximum absolute atomic E-state index is 13.0. The van der Waals surface area contributed by atoms with E-state index in [1.807, 2.05) is 40.3 Å². The summed E-state index contributed by atoms with van der Waals surface area (Å²) in [5.41, 5.74) is 1.66. The summed E-state index contributed by atoms with van der Waals surface area (Å²) in [6, 6.07) is 7.79. The van der Waals surface area contributed by atoms with Gasteiger partial charge in [0.1, 0.15) is 0 Å². The summed E-state index contributed by atoms with van der Waals surface area (Å²) in [6.45, 7) is 5.07. The van der Waals surface area contributed by atoms with Crippen molar-refractivity contribution >= 4 is 22.7 Å². The fraction of sp³-hybridized carbons (Fsp3) is 0.500. The average molecular weight is 355 g/mol. The quantitative estimate of drug-likeness (QED) is 0.917. The third-order valence-electron chi connectivity index (χ3n) is 6.10. The van der Waals surface area contributed by atoms with E-state index in [-0.39, 0.29) is 23.1 Å². The van der Waals surface area contributed by atoms with E-state index >= 15 is 0 Å². The van der Waals surface area contributed by atoms with Gasteiger partial charge in [0.05, 0.1) is 6.61 Å². The zero-order chi connectivity index (χ0) is 18.3. The van der Waals surface area contributed by atoms with Gasteiger partial charge in [0.25, 0.3) is 5.91 Å². The Morgan fingerprint density at radius 3 is 2.85 bits per heavy atom. The second-order valence-corrected chi connectivity index (χ2v) is 7.67. The number of rotatable bonds is 3. The van der Waals surface area contributed by atoms with Gasteiger partial charge in [0, 0.05) is 68.8 Å². The molecule has 0 radical (unpaired) electrons. The van der Waals surface area contributed by atoms with E-state index in [4.69, 9.17) is 4.74 Å². The van der Waals surface area contributed by atoms with Crippen LogP contribution >= 0.6 is 0 Å². The molecule has 0 aliphatic carbocycles. The number of aromatic amines is 1. The van der Waals surface area contributed by atoms with Gasteiger partial charge in [-0.05, 0) is 30.0 Å². The first-order valence-corrected chi connectivity index (χ1v) is 9.13. The van der Waals surface area contributed by atoms with Crippen LogP contribution in [0.15, 0.2) is 30.5 Å². The van der Waals surface area contributed by atoms with Crippen molar-refractivity contribution in [1.29, 1.82) is 0 Å². The SMILES string of the molecule is COC[C@@]12CCN(C(=O)c3ccc4cc[nH]c4c3)C[C@@H]1CN(C(C)=O)C2. The van der Waals surface area contributed by atoms with Crippen molar-refractivity contribution in [3.05, 3.63) is 36.0 Å². The molecule has 6 nitrogen and oxygen atoms in total. The summed E-state index contributed by atoms with van der Waals surface area (Å²) in [5.74, 6) is 0.428. The lowest BCUT2D eigenvalue weighted by Crippen LogP contribution is -2.50. The van der Waals surface area contributed by atoms with Crippen LogP contribution in [0.1, 0.15) is 23.7 Å². The summed E-state index contributed by atoms with van der Waals surface area (Å²) < 4.78 is 5.49. The van der Waals surface area contributed by atoms with Crippen molar-refractivity contribution < 1.29 is 14.3 Å². The van der Waals surface area contributed by atoms with Gasteiger partial charge in [-0.1, -0.05) is 6.07 Å². The number of nitrogens with one attached hydrogen (secondary N) is 1. The summed E-state index contributed by atoms with van der Waals surface area (Å²) in [7, 11) is 1.71. The van der Waals surface area contributed by atoms with Gasteiger partial charge >= 0.3 is 0 Å². The first-order chi connectivity index (χ1) is 12.5. The zero-order valence-electron chi connectivity index (χ0n) is 15.3. The molecule has 4 rings (SSSR count). The second-order valence-electron chi connectivity index (χ2n) is 7.67. The molecule has 2 atom stereocenters. The minimum atomic E-state index is -0.0272. The van der Waals surface area contributed by atoms with Gasteiger partial charge in [-0.2, -0.15) is 0 Å². The molecule has 2 aromatic rings. The lowest BCUT2D eigenvalue weighted by Gasteiger charge is -2.43. The molecule has 2 fully saturated rings. The molecule has 2 aliphatic heterocycles. The second kappa shape index (κ2) is 6.43. The van der Waals surface area contributed by atoms with Gasteiger partial charge in [-0.15, -0.1) is 0 Å². The van der Waals surface area contributed by atoms with Crippen LogP contribution in [0.3, 0.4) is 0 Å². The highest BCUT2D eigenvalue weighted by atomic mass is 16.5. The number of hydrogen-bond acceptors (Lipinski definition) is 3. The molecular formula is C20H25N3O3. The Morgan fingerprint density at radius 1 is 1.27 bits per heavy atom. The number of fused-ring (bicyclic) bond motifs is 2. The van der Waals surface area contributed by atoms with Gasteiger partial charge in [0.2, 0.25) is 5.91 Å². The Balaban J connectivity index is 1.54. The summed E-state index contributed by atoms with van der Waals surface area (Å²) in [6.07, 6.45) is 2.75.